The molecule has 0 aliphatic heterocycles. The van der Waals surface area contributed by atoms with Crippen molar-refractivity contribution in [2.24, 2.45) is 10.9 Å². The molecule has 7 heteroatoms. The van der Waals surface area contributed by atoms with E-state index in [-0.39, 0.29) is 10.7 Å². The summed E-state index contributed by atoms with van der Waals surface area (Å²) in [6.45, 7) is 3.62. The van der Waals surface area contributed by atoms with Crippen LogP contribution in [0.25, 0.3) is 0 Å². The summed E-state index contributed by atoms with van der Waals surface area (Å²) >= 11 is 0. The molecule has 0 amide bonds. The van der Waals surface area contributed by atoms with Gasteiger partial charge in [0.1, 0.15) is 0 Å². The maximum atomic E-state index is 12.4. The molecule has 0 bridgehead atoms. The van der Waals surface area contributed by atoms with Gasteiger partial charge in [-0.05, 0) is 31.0 Å². The predicted octanol–water partition coefficient (Wildman–Crippen LogP) is 1.39. The smallest absolute Gasteiger partial charge is 0.243 e. The van der Waals surface area contributed by atoms with Gasteiger partial charge in [-0.3, -0.25) is 0 Å². The van der Waals surface area contributed by atoms with Gasteiger partial charge in [-0.2, -0.15) is 4.31 Å². The number of rotatable bonds is 6. The molecule has 0 saturated heterocycles. The van der Waals surface area contributed by atoms with Crippen molar-refractivity contribution in [2.45, 2.75) is 37.6 Å². The summed E-state index contributed by atoms with van der Waals surface area (Å²) in [4.78, 5) is 0.192. The quantitative estimate of drug-likeness (QED) is 0.359. The number of nitrogens with zero attached hydrogens (tertiary/aromatic N) is 2. The van der Waals surface area contributed by atoms with Crippen LogP contribution >= 0.6 is 0 Å². The van der Waals surface area contributed by atoms with Crippen molar-refractivity contribution in [3.8, 4) is 0 Å². The molecule has 0 heterocycles. The first-order valence-electron chi connectivity index (χ1n) is 6.39. The van der Waals surface area contributed by atoms with Crippen molar-refractivity contribution in [1.82, 2.24) is 4.31 Å². The largest absolute Gasteiger partial charge is 0.409 e. The average Bonchev–Trinajstić information content (AvgIpc) is 2.45. The molecule has 3 N–H and O–H groups in total. The molecule has 1 unspecified atom stereocenters. The Morgan fingerprint density at radius 2 is 1.95 bits per heavy atom. The Labute approximate surface area is 119 Å². The number of amidine groups is 1. The van der Waals surface area contributed by atoms with E-state index >= 15 is 0 Å². The molecule has 1 aromatic carbocycles. The molecule has 1 rings (SSSR count). The number of sulfonamides is 1. The van der Waals surface area contributed by atoms with Crippen molar-refractivity contribution in [3.05, 3.63) is 29.8 Å². The van der Waals surface area contributed by atoms with Crippen LogP contribution in [0.5, 0.6) is 0 Å². The van der Waals surface area contributed by atoms with Crippen molar-refractivity contribution in [1.29, 1.82) is 0 Å². The minimum atomic E-state index is -3.66. The Bertz CT molecular complexity index is 567. The lowest BCUT2D eigenvalue weighted by molar-refractivity contribution is 0.311. The SMILES string of the molecule is CCCc1ccc(S(=O)(=O)N(C)C(C)C(N)=NO)cc1. The Balaban J connectivity index is 3.04. The first kappa shape index (κ1) is 16.5. The Morgan fingerprint density at radius 3 is 2.40 bits per heavy atom. The van der Waals surface area contributed by atoms with Gasteiger partial charge in [0.25, 0.3) is 0 Å². The molecule has 20 heavy (non-hydrogen) atoms. The van der Waals surface area contributed by atoms with E-state index in [1.807, 2.05) is 0 Å². The van der Waals surface area contributed by atoms with Crippen LogP contribution in [-0.2, 0) is 16.4 Å². The minimum Gasteiger partial charge on any atom is -0.409 e. The monoisotopic (exact) mass is 299 g/mol. The summed E-state index contributed by atoms with van der Waals surface area (Å²) in [5.41, 5.74) is 6.55. The second kappa shape index (κ2) is 6.71. The molecule has 0 spiro atoms. The molecule has 0 fully saturated rings. The third kappa shape index (κ3) is 3.49. The summed E-state index contributed by atoms with van der Waals surface area (Å²) in [5, 5.41) is 11.5. The van der Waals surface area contributed by atoms with Crippen molar-refractivity contribution in [3.63, 3.8) is 0 Å². The zero-order valence-electron chi connectivity index (χ0n) is 11.9. The molecule has 0 aliphatic rings. The van der Waals surface area contributed by atoms with Gasteiger partial charge in [0.2, 0.25) is 10.0 Å². The molecule has 0 radical (unpaired) electrons. The van der Waals surface area contributed by atoms with E-state index in [1.54, 1.807) is 31.2 Å². The van der Waals surface area contributed by atoms with Crippen LogP contribution < -0.4 is 5.73 Å². The van der Waals surface area contributed by atoms with Gasteiger partial charge in [-0.15, -0.1) is 0 Å². The Morgan fingerprint density at radius 1 is 1.40 bits per heavy atom. The van der Waals surface area contributed by atoms with Gasteiger partial charge >= 0.3 is 0 Å². The standard InChI is InChI=1S/C13H21N3O3S/c1-4-5-11-6-8-12(9-7-11)20(18,19)16(3)10(2)13(14)15-17/h6-10,17H,4-5H2,1-3H3,(H2,14,15). The molecule has 112 valence electrons. The molecule has 1 aromatic rings. The molecule has 1 atom stereocenters. The lowest BCUT2D eigenvalue weighted by atomic mass is 10.1. The van der Waals surface area contributed by atoms with E-state index in [0.717, 1.165) is 22.7 Å². The second-order valence-electron chi connectivity index (χ2n) is 4.62. The average molecular weight is 299 g/mol. The van der Waals surface area contributed by atoms with Gasteiger partial charge in [0, 0.05) is 7.05 Å². The van der Waals surface area contributed by atoms with Crippen LogP contribution in [-0.4, -0.2) is 36.9 Å². The summed E-state index contributed by atoms with van der Waals surface area (Å²) in [7, 11) is -2.26. The highest BCUT2D eigenvalue weighted by Gasteiger charge is 2.27. The first-order chi connectivity index (χ1) is 9.34. The molecule has 0 saturated carbocycles. The van der Waals surface area contributed by atoms with Crippen molar-refractivity contribution in [2.75, 3.05) is 7.05 Å². The van der Waals surface area contributed by atoms with Gasteiger partial charge in [-0.1, -0.05) is 30.6 Å². The normalized spacial score (nSPS) is 14.5. The summed E-state index contributed by atoms with van der Waals surface area (Å²) < 4.78 is 25.9. The summed E-state index contributed by atoms with van der Waals surface area (Å²) in [5.74, 6) is -0.154. The van der Waals surface area contributed by atoms with Crippen LogP contribution in [0.1, 0.15) is 25.8 Å². The number of nitrogens with two attached hydrogens (primary N) is 1. The van der Waals surface area contributed by atoms with Crippen LogP contribution in [0.2, 0.25) is 0 Å². The lowest BCUT2D eigenvalue weighted by Crippen LogP contribution is -2.43. The third-order valence-electron chi connectivity index (χ3n) is 3.23. The fourth-order valence-electron chi connectivity index (χ4n) is 1.76. The molecule has 6 nitrogen and oxygen atoms in total. The molecular formula is C13H21N3O3S. The van der Waals surface area contributed by atoms with E-state index in [4.69, 9.17) is 10.9 Å². The van der Waals surface area contributed by atoms with Crippen LogP contribution in [0.3, 0.4) is 0 Å². The van der Waals surface area contributed by atoms with Crippen molar-refractivity contribution >= 4 is 15.9 Å². The molecule has 0 aromatic heterocycles. The lowest BCUT2D eigenvalue weighted by Gasteiger charge is -2.23. The zero-order chi connectivity index (χ0) is 15.3. The highest BCUT2D eigenvalue weighted by atomic mass is 32.2. The fourth-order valence-corrected chi connectivity index (χ4v) is 3.10. The number of hydrogen-bond acceptors (Lipinski definition) is 4. The second-order valence-corrected chi connectivity index (χ2v) is 6.61. The third-order valence-corrected chi connectivity index (χ3v) is 5.17. The fraction of sp³-hybridized carbons (Fsp3) is 0.462. The Kier molecular flexibility index (Phi) is 5.52. The zero-order valence-corrected chi connectivity index (χ0v) is 12.8. The van der Waals surface area contributed by atoms with E-state index < -0.39 is 16.1 Å². The highest BCUT2D eigenvalue weighted by Crippen LogP contribution is 2.18. The molecular weight excluding hydrogens is 278 g/mol. The summed E-state index contributed by atoms with van der Waals surface area (Å²) in [6.07, 6.45) is 1.92. The van der Waals surface area contributed by atoms with Gasteiger partial charge in [-0.25, -0.2) is 8.42 Å². The van der Waals surface area contributed by atoms with Crippen LogP contribution in [0.15, 0.2) is 34.3 Å². The predicted molar refractivity (Wildman–Crippen MR) is 78.3 cm³/mol. The van der Waals surface area contributed by atoms with Gasteiger partial charge < -0.3 is 10.9 Å². The van der Waals surface area contributed by atoms with Gasteiger partial charge in [0.05, 0.1) is 10.9 Å². The number of likely N-dealkylation sites (N-methyl/N-ethyl adjacent to an activating group) is 1. The van der Waals surface area contributed by atoms with E-state index in [2.05, 4.69) is 12.1 Å². The van der Waals surface area contributed by atoms with Crippen LogP contribution in [0, 0.1) is 0 Å². The molecule has 0 aliphatic carbocycles. The van der Waals surface area contributed by atoms with E-state index in [1.165, 1.54) is 7.05 Å². The maximum absolute atomic E-state index is 12.4. The van der Waals surface area contributed by atoms with E-state index in [0.29, 0.717) is 0 Å². The number of oxime groups is 1. The Hall–Kier alpha value is -1.60. The highest BCUT2D eigenvalue weighted by molar-refractivity contribution is 7.89. The van der Waals surface area contributed by atoms with E-state index in [9.17, 15) is 8.42 Å². The number of benzene rings is 1. The first-order valence-corrected chi connectivity index (χ1v) is 7.83. The number of aryl methyl sites for hydroxylation is 1. The topological polar surface area (TPSA) is 96.0 Å². The van der Waals surface area contributed by atoms with Crippen molar-refractivity contribution < 1.29 is 13.6 Å². The minimum absolute atomic E-state index is 0.154. The van der Waals surface area contributed by atoms with Crippen LogP contribution in [0.4, 0.5) is 0 Å². The number of hydrogen-bond donors (Lipinski definition) is 2. The van der Waals surface area contributed by atoms with Gasteiger partial charge in [0.15, 0.2) is 5.84 Å². The maximum Gasteiger partial charge on any atom is 0.243 e. The summed E-state index contributed by atoms with van der Waals surface area (Å²) in [6, 6.07) is 6.04.